The minimum atomic E-state index is -0.850. The molecule has 0 heterocycles. The summed E-state index contributed by atoms with van der Waals surface area (Å²) < 4.78 is 0. The molecule has 0 unspecified atom stereocenters. The van der Waals surface area contributed by atoms with Crippen LogP contribution >= 0.6 is 0 Å². The van der Waals surface area contributed by atoms with E-state index in [1.165, 1.54) is 19.3 Å². The quantitative estimate of drug-likeness (QED) is 0.863. The smallest absolute Gasteiger partial charge is 0.335 e. The van der Waals surface area contributed by atoms with Gasteiger partial charge in [0, 0.05) is 12.0 Å². The van der Waals surface area contributed by atoms with Gasteiger partial charge in [0.2, 0.25) is 0 Å². The van der Waals surface area contributed by atoms with Crippen LogP contribution in [0.15, 0.2) is 18.2 Å². The molecule has 1 saturated carbocycles. The highest BCUT2D eigenvalue weighted by molar-refractivity contribution is 5.89. The number of carboxylic acids is 1. The van der Waals surface area contributed by atoms with E-state index in [1.807, 2.05) is 19.1 Å². The number of aromatic carboxylic acids is 1. The highest BCUT2D eigenvalue weighted by atomic mass is 16.4. The summed E-state index contributed by atoms with van der Waals surface area (Å²) in [6.45, 7) is 2.44. The minimum absolute atomic E-state index is 0.00382. The maximum Gasteiger partial charge on any atom is 0.335 e. The van der Waals surface area contributed by atoms with E-state index in [0.29, 0.717) is 12.1 Å². The molecule has 0 saturated heterocycles. The van der Waals surface area contributed by atoms with Gasteiger partial charge in [-0.25, -0.2) is 4.79 Å². The van der Waals surface area contributed by atoms with Crippen LogP contribution in [0.25, 0.3) is 0 Å². The van der Waals surface area contributed by atoms with Crippen molar-refractivity contribution in [2.24, 2.45) is 5.73 Å². The van der Waals surface area contributed by atoms with Gasteiger partial charge in [0.15, 0.2) is 0 Å². The molecule has 0 aliphatic heterocycles. The zero-order valence-corrected chi connectivity index (χ0v) is 10.9. The average molecular weight is 247 g/mol. The molecule has 0 atom stereocenters. The summed E-state index contributed by atoms with van der Waals surface area (Å²) in [5, 5.41) is 9.21. The first-order valence-electron chi connectivity index (χ1n) is 6.63. The van der Waals surface area contributed by atoms with Crippen LogP contribution in [0.5, 0.6) is 0 Å². The lowest BCUT2D eigenvalue weighted by molar-refractivity contribution is 0.0696. The number of hydrogen-bond acceptors (Lipinski definition) is 2. The van der Waals surface area contributed by atoms with Gasteiger partial charge in [0.1, 0.15) is 0 Å². The van der Waals surface area contributed by atoms with Gasteiger partial charge in [-0.3, -0.25) is 0 Å². The van der Waals surface area contributed by atoms with Crippen molar-refractivity contribution in [3.05, 3.63) is 34.9 Å². The molecule has 1 fully saturated rings. The van der Waals surface area contributed by atoms with Gasteiger partial charge in [-0.1, -0.05) is 31.4 Å². The molecule has 1 aromatic carbocycles. The van der Waals surface area contributed by atoms with Crippen LogP contribution < -0.4 is 5.73 Å². The average Bonchev–Trinajstić information content (AvgIpc) is 2.39. The van der Waals surface area contributed by atoms with Crippen LogP contribution in [0, 0.1) is 6.92 Å². The first kappa shape index (κ1) is 13.1. The lowest BCUT2D eigenvalue weighted by atomic mass is 9.69. The summed E-state index contributed by atoms with van der Waals surface area (Å²) in [6, 6.07) is 5.79. The Morgan fingerprint density at radius 2 is 2.00 bits per heavy atom. The Bertz CT molecular complexity index is 448. The Morgan fingerprint density at radius 3 is 2.56 bits per heavy atom. The second kappa shape index (κ2) is 5.11. The van der Waals surface area contributed by atoms with Crippen molar-refractivity contribution >= 4 is 5.97 Å². The second-order valence-electron chi connectivity index (χ2n) is 5.38. The topological polar surface area (TPSA) is 63.3 Å². The van der Waals surface area contributed by atoms with E-state index < -0.39 is 5.97 Å². The SMILES string of the molecule is Cc1ccc(C2(CN)CCCCC2)cc1C(=O)O. The number of carbonyl (C=O) groups is 1. The van der Waals surface area contributed by atoms with Crippen molar-refractivity contribution in [2.75, 3.05) is 6.54 Å². The van der Waals surface area contributed by atoms with E-state index in [-0.39, 0.29) is 5.41 Å². The van der Waals surface area contributed by atoms with Gasteiger partial charge in [0.25, 0.3) is 0 Å². The summed E-state index contributed by atoms with van der Waals surface area (Å²) in [5.41, 5.74) is 8.31. The highest BCUT2D eigenvalue weighted by Gasteiger charge is 2.33. The fourth-order valence-electron chi connectivity index (χ4n) is 3.02. The van der Waals surface area contributed by atoms with Crippen molar-refractivity contribution in [1.82, 2.24) is 0 Å². The van der Waals surface area contributed by atoms with Crippen LogP contribution in [0.2, 0.25) is 0 Å². The van der Waals surface area contributed by atoms with Crippen LogP contribution in [0.3, 0.4) is 0 Å². The van der Waals surface area contributed by atoms with Gasteiger partial charge in [-0.2, -0.15) is 0 Å². The molecule has 0 bridgehead atoms. The summed E-state index contributed by atoms with van der Waals surface area (Å²) in [7, 11) is 0. The van der Waals surface area contributed by atoms with Crippen LogP contribution in [-0.4, -0.2) is 17.6 Å². The van der Waals surface area contributed by atoms with E-state index in [4.69, 9.17) is 5.73 Å². The van der Waals surface area contributed by atoms with E-state index in [1.54, 1.807) is 0 Å². The standard InChI is InChI=1S/C15H21NO2/c1-11-5-6-12(9-13(11)14(17)18)15(10-16)7-3-2-4-8-15/h5-6,9H,2-4,7-8,10,16H2,1H3,(H,17,18). The summed E-state index contributed by atoms with van der Waals surface area (Å²) in [6.07, 6.45) is 5.79. The molecule has 0 radical (unpaired) electrons. The van der Waals surface area contributed by atoms with Gasteiger partial charge >= 0.3 is 5.97 Å². The third-order valence-corrected chi connectivity index (χ3v) is 4.28. The van der Waals surface area contributed by atoms with Gasteiger partial charge in [-0.05, 0) is 37.0 Å². The number of hydrogen-bond donors (Lipinski definition) is 2. The number of rotatable bonds is 3. The number of nitrogens with two attached hydrogens (primary N) is 1. The molecule has 3 heteroatoms. The molecule has 1 aromatic rings. The minimum Gasteiger partial charge on any atom is -0.478 e. The van der Waals surface area contributed by atoms with Gasteiger partial charge in [-0.15, -0.1) is 0 Å². The van der Waals surface area contributed by atoms with Crippen LogP contribution in [0.1, 0.15) is 53.6 Å². The normalized spacial score (nSPS) is 18.6. The van der Waals surface area contributed by atoms with Gasteiger partial charge in [0.05, 0.1) is 5.56 Å². The van der Waals surface area contributed by atoms with Crippen molar-refractivity contribution < 1.29 is 9.90 Å². The van der Waals surface area contributed by atoms with E-state index >= 15 is 0 Å². The second-order valence-corrected chi connectivity index (χ2v) is 5.38. The van der Waals surface area contributed by atoms with Crippen molar-refractivity contribution in [3.8, 4) is 0 Å². The number of benzene rings is 1. The van der Waals surface area contributed by atoms with Gasteiger partial charge < -0.3 is 10.8 Å². The monoisotopic (exact) mass is 247 g/mol. The maximum atomic E-state index is 11.2. The molecule has 1 aliphatic carbocycles. The van der Waals surface area contributed by atoms with Crippen molar-refractivity contribution in [2.45, 2.75) is 44.4 Å². The predicted octanol–water partition coefficient (Wildman–Crippen LogP) is 2.85. The van der Waals surface area contributed by atoms with Crippen molar-refractivity contribution in [1.29, 1.82) is 0 Å². The molecular formula is C15H21NO2. The maximum absolute atomic E-state index is 11.2. The Labute approximate surface area is 108 Å². The largest absolute Gasteiger partial charge is 0.478 e. The number of aryl methyl sites for hydroxylation is 1. The molecule has 18 heavy (non-hydrogen) atoms. The zero-order chi connectivity index (χ0) is 13.2. The fourth-order valence-corrected chi connectivity index (χ4v) is 3.02. The highest BCUT2D eigenvalue weighted by Crippen LogP contribution is 2.39. The molecular weight excluding hydrogens is 226 g/mol. The summed E-state index contributed by atoms with van der Waals surface area (Å²) in [4.78, 5) is 11.2. The number of carboxylic acid groups (broad SMARTS) is 1. The Morgan fingerprint density at radius 1 is 1.33 bits per heavy atom. The molecule has 0 aromatic heterocycles. The molecule has 98 valence electrons. The third kappa shape index (κ3) is 2.27. The first-order valence-corrected chi connectivity index (χ1v) is 6.63. The zero-order valence-electron chi connectivity index (χ0n) is 10.9. The van der Waals surface area contributed by atoms with Crippen LogP contribution in [-0.2, 0) is 5.41 Å². The molecule has 3 nitrogen and oxygen atoms in total. The lowest BCUT2D eigenvalue weighted by Gasteiger charge is -2.37. The Hall–Kier alpha value is -1.35. The van der Waals surface area contributed by atoms with Crippen LogP contribution in [0.4, 0.5) is 0 Å². The molecule has 2 rings (SSSR count). The molecule has 0 spiro atoms. The summed E-state index contributed by atoms with van der Waals surface area (Å²) >= 11 is 0. The lowest BCUT2D eigenvalue weighted by Crippen LogP contribution is -2.37. The molecule has 0 amide bonds. The Balaban J connectivity index is 2.42. The van der Waals surface area contributed by atoms with Crippen molar-refractivity contribution in [3.63, 3.8) is 0 Å². The third-order valence-electron chi connectivity index (χ3n) is 4.28. The fraction of sp³-hybridized carbons (Fsp3) is 0.533. The molecule has 1 aliphatic rings. The molecule has 3 N–H and O–H groups in total. The Kier molecular flexibility index (Phi) is 3.71. The van der Waals surface area contributed by atoms with E-state index in [0.717, 1.165) is 24.0 Å². The van der Waals surface area contributed by atoms with E-state index in [9.17, 15) is 9.90 Å². The summed E-state index contributed by atoms with van der Waals surface area (Å²) in [5.74, 6) is -0.850. The van der Waals surface area contributed by atoms with E-state index in [2.05, 4.69) is 6.07 Å². The predicted molar refractivity (Wildman–Crippen MR) is 72.0 cm³/mol. The first-order chi connectivity index (χ1) is 8.59.